The van der Waals surface area contributed by atoms with Crippen LogP contribution in [0.25, 0.3) is 5.57 Å². The van der Waals surface area contributed by atoms with Gasteiger partial charge in [-0.15, -0.1) is 0 Å². The van der Waals surface area contributed by atoms with E-state index in [1.54, 1.807) is 12.1 Å². The Balaban J connectivity index is 1.29. The number of fused-ring (bicyclic) bond motifs is 3. The van der Waals surface area contributed by atoms with Gasteiger partial charge in [0.2, 0.25) is 5.91 Å². The van der Waals surface area contributed by atoms with E-state index in [4.69, 9.17) is 9.47 Å². The number of benzene rings is 2. The van der Waals surface area contributed by atoms with Crippen LogP contribution in [0, 0.1) is 22.7 Å². The van der Waals surface area contributed by atoms with Gasteiger partial charge in [0, 0.05) is 24.2 Å². The Hall–Kier alpha value is -2.96. The van der Waals surface area contributed by atoms with Crippen molar-refractivity contribution in [3.05, 3.63) is 77.9 Å². The van der Waals surface area contributed by atoms with Gasteiger partial charge >= 0.3 is 5.97 Å². The third-order valence-corrected chi connectivity index (χ3v) is 10.6. The number of ether oxygens (including phenoxy) is 2. The molecule has 2 saturated carbocycles. The van der Waals surface area contributed by atoms with Crippen LogP contribution in [0.15, 0.2) is 61.2 Å². The van der Waals surface area contributed by atoms with E-state index >= 15 is 0 Å². The number of esters is 1. The van der Waals surface area contributed by atoms with Gasteiger partial charge < -0.3 is 19.9 Å². The van der Waals surface area contributed by atoms with Gasteiger partial charge in [-0.2, -0.15) is 0 Å². The minimum atomic E-state index is -1.54. The minimum absolute atomic E-state index is 0.148. The lowest BCUT2D eigenvalue weighted by atomic mass is 9.59. The number of rotatable bonds is 7. The normalized spacial score (nSPS) is 34.5. The fraction of sp³-hybridized carbons (Fsp3) is 0.515. The highest BCUT2D eigenvalue weighted by Gasteiger charge is 2.95. The Labute approximate surface area is 230 Å². The first-order valence-electron chi connectivity index (χ1n) is 14.1. The summed E-state index contributed by atoms with van der Waals surface area (Å²) in [5, 5.41) is 14.2. The molecule has 1 saturated heterocycles. The lowest BCUT2D eigenvalue weighted by Crippen LogP contribution is -2.53. The summed E-state index contributed by atoms with van der Waals surface area (Å²) in [6.45, 7) is 15.0. The van der Waals surface area contributed by atoms with Crippen LogP contribution in [0.5, 0.6) is 0 Å². The van der Waals surface area contributed by atoms with Crippen molar-refractivity contribution in [2.75, 3.05) is 0 Å². The Morgan fingerprint density at radius 1 is 1.10 bits per heavy atom. The predicted octanol–water partition coefficient (Wildman–Crippen LogP) is 5.31. The fourth-order valence-electron chi connectivity index (χ4n) is 8.51. The predicted molar refractivity (Wildman–Crippen MR) is 148 cm³/mol. The third-order valence-electron chi connectivity index (χ3n) is 10.6. The molecule has 2 aromatic rings. The summed E-state index contributed by atoms with van der Waals surface area (Å²) in [5.41, 5.74) is 2.50. The molecule has 0 spiro atoms. The molecule has 2 bridgehead atoms. The summed E-state index contributed by atoms with van der Waals surface area (Å²) < 4.78 is 13.0. The van der Waals surface area contributed by atoms with Gasteiger partial charge in [-0.25, -0.2) is 4.79 Å². The minimum Gasteiger partial charge on any atom is -0.460 e. The quantitative estimate of drug-likeness (QED) is 0.375. The molecule has 1 amide bonds. The molecule has 3 fully saturated rings. The maximum atomic E-state index is 13.6. The molecule has 6 heteroatoms. The number of aliphatic hydroxyl groups is 1. The summed E-state index contributed by atoms with van der Waals surface area (Å²) >= 11 is 0. The number of carbonyl (C=O) groups is 2. The van der Waals surface area contributed by atoms with E-state index < -0.39 is 40.8 Å². The van der Waals surface area contributed by atoms with Crippen LogP contribution in [0.1, 0.15) is 76.6 Å². The molecule has 3 aliphatic carbocycles. The second-order valence-electron chi connectivity index (χ2n) is 13.1. The molecule has 3 unspecified atom stereocenters. The van der Waals surface area contributed by atoms with E-state index in [0.717, 1.165) is 5.57 Å². The fourth-order valence-corrected chi connectivity index (χ4v) is 8.51. The van der Waals surface area contributed by atoms with Crippen molar-refractivity contribution in [2.45, 2.75) is 83.3 Å². The lowest BCUT2D eigenvalue weighted by Gasteiger charge is -2.45. The monoisotopic (exact) mass is 529 g/mol. The molecule has 206 valence electrons. The van der Waals surface area contributed by atoms with E-state index in [1.165, 1.54) is 11.1 Å². The Morgan fingerprint density at radius 3 is 2.46 bits per heavy atom. The van der Waals surface area contributed by atoms with Gasteiger partial charge in [0.05, 0.1) is 6.04 Å². The number of nitrogens with one attached hydrogen (secondary N) is 1. The molecule has 7 atom stereocenters. The molecule has 2 aromatic carbocycles. The molecule has 0 radical (unpaired) electrons. The summed E-state index contributed by atoms with van der Waals surface area (Å²) in [7, 11) is 0. The van der Waals surface area contributed by atoms with Gasteiger partial charge in [0.25, 0.3) is 0 Å². The summed E-state index contributed by atoms with van der Waals surface area (Å²) in [6, 6.07) is 16.6. The van der Waals surface area contributed by atoms with Crippen LogP contribution >= 0.6 is 0 Å². The van der Waals surface area contributed by atoms with E-state index in [1.807, 2.05) is 38.1 Å². The van der Waals surface area contributed by atoms with Crippen molar-refractivity contribution >= 4 is 17.4 Å². The molecular weight excluding hydrogens is 490 g/mol. The molecule has 39 heavy (non-hydrogen) atoms. The van der Waals surface area contributed by atoms with Crippen molar-refractivity contribution in [3.8, 4) is 0 Å². The van der Waals surface area contributed by atoms with E-state index in [0.29, 0.717) is 24.8 Å². The second kappa shape index (κ2) is 8.52. The number of hydrogen-bond donors (Lipinski definition) is 2. The van der Waals surface area contributed by atoms with Crippen molar-refractivity contribution < 1.29 is 24.2 Å². The lowest BCUT2D eigenvalue weighted by molar-refractivity contribution is -0.172. The maximum Gasteiger partial charge on any atom is 0.337 e. The van der Waals surface area contributed by atoms with Crippen LogP contribution in [0.4, 0.5) is 0 Å². The van der Waals surface area contributed by atoms with Crippen molar-refractivity contribution in [3.63, 3.8) is 0 Å². The molecule has 6 rings (SSSR count). The number of aliphatic hydroxyl groups excluding tert-OH is 1. The van der Waals surface area contributed by atoms with Crippen LogP contribution in [-0.2, 0) is 24.7 Å². The number of epoxide rings is 1. The van der Waals surface area contributed by atoms with E-state index in [2.05, 4.69) is 50.9 Å². The molecule has 2 N–H and O–H groups in total. The molecular formula is C33H39NO5. The number of hydrogen-bond acceptors (Lipinski definition) is 5. The average Bonchev–Trinajstić information content (AvgIpc) is 3.52. The standard InChI is InChI=1S/C33H39NO5/c1-19(2)16-26(35)34-27(21-12-8-7-9-13-21)28(36)29(37)38-25-17-24-30(4,5)31(25,6)32-18-20(3)22-14-10-11-15-23(22)33(24,32)39-32/h7-15,19,24-25,27-28,36H,3,16-18H2,1-2,4-6H3,(H,34,35)/t24?,25?,27-,28+,31?,32-,33+/m0/s1. The van der Waals surface area contributed by atoms with Crippen LogP contribution < -0.4 is 5.32 Å². The first-order valence-corrected chi connectivity index (χ1v) is 14.1. The van der Waals surface area contributed by atoms with Gasteiger partial charge in [-0.3, -0.25) is 4.79 Å². The van der Waals surface area contributed by atoms with Crippen LogP contribution in [0.3, 0.4) is 0 Å². The number of carbonyl (C=O) groups excluding carboxylic acids is 2. The highest BCUT2D eigenvalue weighted by Crippen LogP contribution is 2.89. The highest BCUT2D eigenvalue weighted by atomic mass is 16.6. The summed E-state index contributed by atoms with van der Waals surface area (Å²) in [4.78, 5) is 26.3. The van der Waals surface area contributed by atoms with Crippen LogP contribution in [0.2, 0.25) is 0 Å². The smallest absolute Gasteiger partial charge is 0.337 e. The van der Waals surface area contributed by atoms with Crippen molar-refractivity contribution in [2.24, 2.45) is 22.7 Å². The molecule has 1 aliphatic heterocycles. The molecule has 1 heterocycles. The topological polar surface area (TPSA) is 88.2 Å². The highest BCUT2D eigenvalue weighted by molar-refractivity contribution is 5.81. The zero-order chi connectivity index (χ0) is 28.0. The first-order chi connectivity index (χ1) is 18.4. The third kappa shape index (κ3) is 3.28. The summed E-state index contributed by atoms with van der Waals surface area (Å²) in [6.07, 6.45) is -0.334. The average molecular weight is 530 g/mol. The molecule has 0 aromatic heterocycles. The Bertz CT molecular complexity index is 1350. The zero-order valence-corrected chi connectivity index (χ0v) is 23.5. The Morgan fingerprint density at radius 2 is 1.77 bits per heavy atom. The largest absolute Gasteiger partial charge is 0.460 e. The van der Waals surface area contributed by atoms with Gasteiger partial charge in [-0.1, -0.05) is 95.8 Å². The number of amides is 1. The van der Waals surface area contributed by atoms with Crippen molar-refractivity contribution in [1.82, 2.24) is 5.32 Å². The van der Waals surface area contributed by atoms with Crippen molar-refractivity contribution in [1.29, 1.82) is 0 Å². The van der Waals surface area contributed by atoms with Gasteiger partial charge in [0.1, 0.15) is 17.3 Å². The first kappa shape index (κ1) is 26.3. The Kier molecular flexibility index (Phi) is 5.74. The summed E-state index contributed by atoms with van der Waals surface area (Å²) in [5.74, 6) is -0.640. The molecule has 6 nitrogen and oxygen atoms in total. The SMILES string of the molecule is C=C1C[C@@]23O[C@]2(c2ccccc21)C1CC(OC(=O)[C@H](O)[C@@H](NC(=O)CC(C)C)c2ccccc2)C3(C)C1(C)C. The van der Waals surface area contributed by atoms with Gasteiger partial charge in [0.15, 0.2) is 6.10 Å². The second-order valence-corrected chi connectivity index (χ2v) is 13.1. The zero-order valence-electron chi connectivity index (χ0n) is 23.5. The van der Waals surface area contributed by atoms with E-state index in [9.17, 15) is 14.7 Å². The van der Waals surface area contributed by atoms with Crippen LogP contribution in [-0.4, -0.2) is 34.8 Å². The van der Waals surface area contributed by atoms with E-state index in [-0.39, 0.29) is 23.2 Å². The molecule has 4 aliphatic rings. The maximum absolute atomic E-state index is 13.6. The van der Waals surface area contributed by atoms with Gasteiger partial charge in [-0.05, 0) is 40.0 Å².